The van der Waals surface area contributed by atoms with E-state index in [0.717, 1.165) is 25.1 Å². The van der Waals surface area contributed by atoms with Crippen LogP contribution in [0.3, 0.4) is 0 Å². The van der Waals surface area contributed by atoms with Gasteiger partial charge in [-0.3, -0.25) is 0 Å². The number of nitrogen functional groups attached to an aromatic ring is 1. The van der Waals surface area contributed by atoms with Crippen molar-refractivity contribution in [3.05, 3.63) is 28.8 Å². The minimum atomic E-state index is 0.552. The molecule has 1 aliphatic rings. The quantitative estimate of drug-likeness (QED) is 0.766. The van der Waals surface area contributed by atoms with Gasteiger partial charge in [0, 0.05) is 11.7 Å². The van der Waals surface area contributed by atoms with Gasteiger partial charge in [-0.1, -0.05) is 26.0 Å². The van der Waals surface area contributed by atoms with Crippen LogP contribution in [0.15, 0.2) is 12.1 Å². The first-order chi connectivity index (χ1) is 7.76. The van der Waals surface area contributed by atoms with Crippen molar-refractivity contribution in [2.24, 2.45) is 0 Å². The largest absolute Gasteiger partial charge is 0.398 e. The molecule has 2 nitrogen and oxygen atoms in total. The van der Waals surface area contributed by atoms with E-state index in [9.17, 15) is 0 Å². The van der Waals surface area contributed by atoms with Crippen molar-refractivity contribution in [2.45, 2.75) is 45.6 Å². The lowest BCUT2D eigenvalue weighted by molar-refractivity contribution is 0.646. The molecule has 0 saturated carbocycles. The summed E-state index contributed by atoms with van der Waals surface area (Å²) in [5.74, 6) is 0. The number of hydrogen-bond donors (Lipinski definition) is 2. The van der Waals surface area contributed by atoms with Gasteiger partial charge in [0.15, 0.2) is 0 Å². The van der Waals surface area contributed by atoms with E-state index < -0.39 is 0 Å². The first-order valence-corrected chi connectivity index (χ1v) is 6.40. The summed E-state index contributed by atoms with van der Waals surface area (Å²) < 4.78 is 0. The standard InChI is InChI=1S/C14H22N2/c1-3-10-8-12(13-6-5-7-16-13)9-11(4-2)14(10)15/h8-9,13,16H,3-7,15H2,1-2H3/t13-/m1/s1. The number of nitrogens with one attached hydrogen (secondary N) is 1. The van der Waals surface area contributed by atoms with Crippen molar-refractivity contribution >= 4 is 5.69 Å². The molecule has 0 aromatic heterocycles. The maximum absolute atomic E-state index is 6.15. The van der Waals surface area contributed by atoms with Crippen LogP contribution in [0, 0.1) is 0 Å². The minimum absolute atomic E-state index is 0.552. The van der Waals surface area contributed by atoms with Crippen molar-refractivity contribution in [1.82, 2.24) is 5.32 Å². The molecule has 0 spiro atoms. The van der Waals surface area contributed by atoms with Gasteiger partial charge in [0.1, 0.15) is 0 Å². The zero-order valence-corrected chi connectivity index (χ0v) is 10.3. The van der Waals surface area contributed by atoms with Crippen LogP contribution >= 0.6 is 0 Å². The SMILES string of the molecule is CCc1cc([C@H]2CCCN2)cc(CC)c1N. The zero-order valence-electron chi connectivity index (χ0n) is 10.3. The molecule has 1 saturated heterocycles. The van der Waals surface area contributed by atoms with Crippen LogP contribution in [0.25, 0.3) is 0 Å². The van der Waals surface area contributed by atoms with E-state index in [2.05, 4.69) is 31.3 Å². The second-order valence-electron chi connectivity index (χ2n) is 4.61. The third-order valence-electron chi connectivity index (χ3n) is 3.60. The molecular formula is C14H22N2. The summed E-state index contributed by atoms with van der Waals surface area (Å²) in [5, 5.41) is 3.55. The van der Waals surface area contributed by atoms with Gasteiger partial charge in [0.05, 0.1) is 0 Å². The smallest absolute Gasteiger partial charge is 0.0379 e. The van der Waals surface area contributed by atoms with E-state index in [1.54, 1.807) is 0 Å². The molecule has 1 atom stereocenters. The van der Waals surface area contributed by atoms with Crippen molar-refractivity contribution < 1.29 is 0 Å². The zero-order chi connectivity index (χ0) is 11.5. The van der Waals surface area contributed by atoms with Crippen LogP contribution in [0.5, 0.6) is 0 Å². The van der Waals surface area contributed by atoms with Crippen molar-refractivity contribution in [3.63, 3.8) is 0 Å². The maximum Gasteiger partial charge on any atom is 0.0379 e. The molecule has 2 heteroatoms. The van der Waals surface area contributed by atoms with E-state index >= 15 is 0 Å². The molecule has 0 bridgehead atoms. The average Bonchev–Trinajstić information content (AvgIpc) is 2.83. The van der Waals surface area contributed by atoms with Gasteiger partial charge >= 0.3 is 0 Å². The topological polar surface area (TPSA) is 38.0 Å². The lowest BCUT2D eigenvalue weighted by atomic mass is 9.95. The molecule has 1 fully saturated rings. The van der Waals surface area contributed by atoms with Gasteiger partial charge in [-0.2, -0.15) is 0 Å². The van der Waals surface area contributed by atoms with Gasteiger partial charge in [0.2, 0.25) is 0 Å². The number of nitrogens with two attached hydrogens (primary N) is 1. The molecular weight excluding hydrogens is 196 g/mol. The highest BCUT2D eigenvalue weighted by Crippen LogP contribution is 2.29. The maximum atomic E-state index is 6.15. The number of benzene rings is 1. The second kappa shape index (κ2) is 4.88. The van der Waals surface area contributed by atoms with Crippen molar-refractivity contribution in [3.8, 4) is 0 Å². The first-order valence-electron chi connectivity index (χ1n) is 6.40. The van der Waals surface area contributed by atoms with Crippen molar-refractivity contribution in [2.75, 3.05) is 12.3 Å². The Kier molecular flexibility index (Phi) is 3.49. The summed E-state index contributed by atoms with van der Waals surface area (Å²) in [4.78, 5) is 0. The van der Waals surface area contributed by atoms with Crippen molar-refractivity contribution in [1.29, 1.82) is 0 Å². The molecule has 0 aliphatic carbocycles. The first kappa shape index (κ1) is 11.5. The van der Waals surface area contributed by atoms with Crippen LogP contribution in [0.2, 0.25) is 0 Å². The molecule has 16 heavy (non-hydrogen) atoms. The number of aryl methyl sites for hydroxylation is 2. The highest BCUT2D eigenvalue weighted by molar-refractivity contribution is 5.56. The predicted octanol–water partition coefficient (Wildman–Crippen LogP) is 2.82. The Labute approximate surface area is 98.2 Å². The summed E-state index contributed by atoms with van der Waals surface area (Å²) in [6.45, 7) is 5.51. The summed E-state index contributed by atoms with van der Waals surface area (Å²) in [6.07, 6.45) is 4.60. The van der Waals surface area contributed by atoms with Gasteiger partial charge in [0.25, 0.3) is 0 Å². The number of hydrogen-bond acceptors (Lipinski definition) is 2. The van der Waals surface area contributed by atoms with E-state index in [-0.39, 0.29) is 0 Å². The highest BCUT2D eigenvalue weighted by Gasteiger charge is 2.18. The fraction of sp³-hybridized carbons (Fsp3) is 0.571. The summed E-state index contributed by atoms with van der Waals surface area (Å²) >= 11 is 0. The lowest BCUT2D eigenvalue weighted by Crippen LogP contribution is -2.14. The van der Waals surface area contributed by atoms with Gasteiger partial charge in [-0.05, 0) is 48.9 Å². The normalized spacial score (nSPS) is 20.2. The fourth-order valence-corrected chi connectivity index (χ4v) is 2.56. The third kappa shape index (κ3) is 2.07. The summed E-state index contributed by atoms with van der Waals surface area (Å²) in [6, 6.07) is 5.13. The molecule has 0 amide bonds. The predicted molar refractivity (Wildman–Crippen MR) is 69.6 cm³/mol. The van der Waals surface area contributed by atoms with Crippen LogP contribution in [-0.2, 0) is 12.8 Å². The van der Waals surface area contributed by atoms with Gasteiger partial charge in [-0.15, -0.1) is 0 Å². The van der Waals surface area contributed by atoms with Crippen LogP contribution in [0.4, 0.5) is 5.69 Å². The Morgan fingerprint density at radius 1 is 1.25 bits per heavy atom. The van der Waals surface area contributed by atoms with Gasteiger partial charge in [-0.25, -0.2) is 0 Å². The Hall–Kier alpha value is -1.02. The molecule has 3 N–H and O–H groups in total. The Morgan fingerprint density at radius 3 is 2.31 bits per heavy atom. The molecule has 1 aliphatic heterocycles. The van der Waals surface area contributed by atoms with E-state index in [4.69, 9.17) is 5.73 Å². The minimum Gasteiger partial charge on any atom is -0.398 e. The molecule has 88 valence electrons. The van der Waals surface area contributed by atoms with Crippen LogP contribution < -0.4 is 11.1 Å². The molecule has 2 rings (SSSR count). The second-order valence-corrected chi connectivity index (χ2v) is 4.61. The molecule has 1 aromatic rings. The number of rotatable bonds is 3. The molecule has 0 unspecified atom stereocenters. The van der Waals surface area contributed by atoms with E-state index in [1.807, 2.05) is 0 Å². The Morgan fingerprint density at radius 2 is 1.88 bits per heavy atom. The van der Waals surface area contributed by atoms with Crippen LogP contribution in [-0.4, -0.2) is 6.54 Å². The van der Waals surface area contributed by atoms with E-state index in [0.29, 0.717) is 6.04 Å². The lowest BCUT2D eigenvalue weighted by Gasteiger charge is -2.16. The highest BCUT2D eigenvalue weighted by atomic mass is 14.9. The summed E-state index contributed by atoms with van der Waals surface area (Å²) in [7, 11) is 0. The molecule has 1 heterocycles. The Balaban J connectivity index is 2.37. The number of anilines is 1. The fourth-order valence-electron chi connectivity index (χ4n) is 2.56. The van der Waals surface area contributed by atoms with E-state index in [1.165, 1.54) is 29.5 Å². The Bertz CT molecular complexity index is 340. The molecule has 0 radical (unpaired) electrons. The van der Waals surface area contributed by atoms with Gasteiger partial charge < -0.3 is 11.1 Å². The third-order valence-corrected chi connectivity index (χ3v) is 3.60. The summed E-state index contributed by atoms with van der Waals surface area (Å²) in [5.41, 5.74) is 11.2. The monoisotopic (exact) mass is 218 g/mol. The average molecular weight is 218 g/mol. The molecule has 1 aromatic carbocycles. The van der Waals surface area contributed by atoms with Crippen LogP contribution in [0.1, 0.15) is 49.4 Å².